The van der Waals surface area contributed by atoms with E-state index in [0.717, 1.165) is 17.1 Å². The minimum absolute atomic E-state index is 0.133. The number of thiazole rings is 1. The monoisotopic (exact) mass is 271 g/mol. The summed E-state index contributed by atoms with van der Waals surface area (Å²) in [7, 11) is 0. The molecule has 0 saturated carbocycles. The number of nitrogens with zero attached hydrogens (tertiary/aromatic N) is 1. The number of hydrogen-bond donors (Lipinski definition) is 0. The van der Waals surface area contributed by atoms with Crippen LogP contribution in [0.4, 0.5) is 13.2 Å². The maximum atomic E-state index is 13.4. The third-order valence-corrected chi connectivity index (χ3v) is 3.17. The van der Waals surface area contributed by atoms with Gasteiger partial charge < -0.3 is 0 Å². The van der Waals surface area contributed by atoms with Crippen molar-refractivity contribution in [2.45, 2.75) is 13.3 Å². The zero-order valence-electron chi connectivity index (χ0n) is 9.34. The first-order valence-corrected chi connectivity index (χ1v) is 5.94. The topological polar surface area (TPSA) is 30.0 Å². The summed E-state index contributed by atoms with van der Waals surface area (Å²) in [6, 6.07) is 1.67. The lowest BCUT2D eigenvalue weighted by molar-refractivity contribution is 0.0987. The SMILES string of the molecule is Cc1nc(CC(=O)c2ccc(F)c(F)c2F)cs1. The molecule has 1 aromatic carbocycles. The summed E-state index contributed by atoms with van der Waals surface area (Å²) in [6.07, 6.45) is -0.133. The number of rotatable bonds is 3. The van der Waals surface area contributed by atoms with Crippen LogP contribution >= 0.6 is 11.3 Å². The van der Waals surface area contributed by atoms with Crippen molar-refractivity contribution in [2.75, 3.05) is 0 Å². The zero-order chi connectivity index (χ0) is 13.3. The molecule has 0 amide bonds. The first kappa shape index (κ1) is 12.8. The molecule has 1 aromatic heterocycles. The van der Waals surface area contributed by atoms with Crippen molar-refractivity contribution in [3.05, 3.63) is 51.2 Å². The number of aromatic nitrogens is 1. The zero-order valence-corrected chi connectivity index (χ0v) is 10.2. The Morgan fingerprint density at radius 1 is 1.28 bits per heavy atom. The van der Waals surface area contributed by atoms with Gasteiger partial charge in [-0.3, -0.25) is 4.79 Å². The highest BCUT2D eigenvalue weighted by Crippen LogP contribution is 2.18. The Kier molecular flexibility index (Phi) is 3.47. The van der Waals surface area contributed by atoms with Gasteiger partial charge in [-0.1, -0.05) is 0 Å². The number of aryl methyl sites for hydroxylation is 1. The maximum Gasteiger partial charge on any atom is 0.195 e. The number of halogens is 3. The molecule has 94 valence electrons. The van der Waals surface area contributed by atoms with Crippen LogP contribution in [0, 0.1) is 24.4 Å². The van der Waals surface area contributed by atoms with Crippen LogP contribution < -0.4 is 0 Å². The van der Waals surface area contributed by atoms with Gasteiger partial charge in [0.2, 0.25) is 0 Å². The fourth-order valence-electron chi connectivity index (χ4n) is 1.49. The highest BCUT2D eigenvalue weighted by atomic mass is 32.1. The largest absolute Gasteiger partial charge is 0.294 e. The van der Waals surface area contributed by atoms with Crippen LogP contribution in [0.25, 0.3) is 0 Å². The second kappa shape index (κ2) is 4.89. The number of benzene rings is 1. The molecule has 2 aromatic rings. The van der Waals surface area contributed by atoms with Crippen molar-refractivity contribution in [3.8, 4) is 0 Å². The Hall–Kier alpha value is -1.69. The fourth-order valence-corrected chi connectivity index (χ4v) is 2.10. The van der Waals surface area contributed by atoms with E-state index in [1.54, 1.807) is 12.3 Å². The minimum atomic E-state index is -1.63. The quantitative estimate of drug-likeness (QED) is 0.633. The maximum absolute atomic E-state index is 13.4. The van der Waals surface area contributed by atoms with Crippen LogP contribution in [0.3, 0.4) is 0 Å². The van der Waals surface area contributed by atoms with E-state index in [1.165, 1.54) is 11.3 Å². The third-order valence-electron chi connectivity index (χ3n) is 2.34. The molecule has 0 aliphatic carbocycles. The van der Waals surface area contributed by atoms with Gasteiger partial charge in [0, 0.05) is 5.38 Å². The molecule has 2 nitrogen and oxygen atoms in total. The van der Waals surface area contributed by atoms with Crippen LogP contribution in [-0.4, -0.2) is 10.8 Å². The molecule has 18 heavy (non-hydrogen) atoms. The predicted octanol–water partition coefficient (Wildman–Crippen LogP) is 3.29. The molecule has 0 fully saturated rings. The third kappa shape index (κ3) is 2.43. The average Bonchev–Trinajstić information content (AvgIpc) is 2.71. The van der Waals surface area contributed by atoms with Gasteiger partial charge in [-0.2, -0.15) is 0 Å². The molecule has 0 radical (unpaired) electrons. The van der Waals surface area contributed by atoms with Crippen LogP contribution in [0.2, 0.25) is 0 Å². The second-order valence-electron chi connectivity index (χ2n) is 3.68. The Bertz CT molecular complexity index is 609. The van der Waals surface area contributed by atoms with E-state index in [-0.39, 0.29) is 6.42 Å². The van der Waals surface area contributed by atoms with Crippen molar-refractivity contribution < 1.29 is 18.0 Å². The summed E-state index contributed by atoms with van der Waals surface area (Å²) in [5.41, 5.74) is 0.0335. The summed E-state index contributed by atoms with van der Waals surface area (Å²) in [4.78, 5) is 15.8. The molecule has 0 saturated heterocycles. The molecule has 0 spiro atoms. The van der Waals surface area contributed by atoms with Crippen molar-refractivity contribution in [1.29, 1.82) is 0 Å². The fraction of sp³-hybridized carbons (Fsp3) is 0.167. The molecule has 0 aliphatic heterocycles. The Labute approximate surface area is 105 Å². The van der Waals surface area contributed by atoms with Gasteiger partial charge in [0.05, 0.1) is 22.7 Å². The average molecular weight is 271 g/mol. The van der Waals surface area contributed by atoms with Crippen LogP contribution in [0.1, 0.15) is 21.1 Å². The lowest BCUT2D eigenvalue weighted by Gasteiger charge is -2.02. The van der Waals surface area contributed by atoms with E-state index in [4.69, 9.17) is 0 Å². The smallest absolute Gasteiger partial charge is 0.195 e. The van der Waals surface area contributed by atoms with E-state index < -0.39 is 28.8 Å². The molecule has 6 heteroatoms. The van der Waals surface area contributed by atoms with Gasteiger partial charge in [-0.25, -0.2) is 18.2 Å². The highest BCUT2D eigenvalue weighted by Gasteiger charge is 2.19. The Morgan fingerprint density at radius 2 is 2.00 bits per heavy atom. The molecular weight excluding hydrogens is 263 g/mol. The number of Topliss-reactive ketones (excluding diaryl/α,β-unsaturated/α-hetero) is 1. The Morgan fingerprint density at radius 3 is 2.61 bits per heavy atom. The van der Waals surface area contributed by atoms with Crippen molar-refractivity contribution in [2.24, 2.45) is 0 Å². The Balaban J connectivity index is 2.27. The minimum Gasteiger partial charge on any atom is -0.294 e. The first-order valence-electron chi connectivity index (χ1n) is 5.06. The van der Waals surface area contributed by atoms with Crippen LogP contribution in [0.5, 0.6) is 0 Å². The van der Waals surface area contributed by atoms with E-state index in [2.05, 4.69) is 4.98 Å². The van der Waals surface area contributed by atoms with Gasteiger partial charge in [-0.05, 0) is 19.1 Å². The summed E-state index contributed by atoms with van der Waals surface area (Å²) < 4.78 is 39.1. The van der Waals surface area contributed by atoms with E-state index in [9.17, 15) is 18.0 Å². The molecule has 2 rings (SSSR count). The van der Waals surface area contributed by atoms with Gasteiger partial charge in [-0.15, -0.1) is 11.3 Å². The molecule has 0 N–H and O–H groups in total. The molecule has 0 bridgehead atoms. The van der Waals surface area contributed by atoms with Gasteiger partial charge in [0.25, 0.3) is 0 Å². The second-order valence-corrected chi connectivity index (χ2v) is 4.74. The van der Waals surface area contributed by atoms with Crippen LogP contribution in [-0.2, 0) is 6.42 Å². The van der Waals surface area contributed by atoms with E-state index >= 15 is 0 Å². The molecular formula is C12H8F3NOS. The summed E-state index contributed by atoms with van der Waals surface area (Å²) in [5.74, 6) is -5.02. The molecule has 1 heterocycles. The molecule has 0 aliphatic rings. The van der Waals surface area contributed by atoms with Crippen LogP contribution in [0.15, 0.2) is 17.5 Å². The van der Waals surface area contributed by atoms with Crippen molar-refractivity contribution in [1.82, 2.24) is 4.98 Å². The van der Waals surface area contributed by atoms with Gasteiger partial charge in [0.15, 0.2) is 23.2 Å². The number of carbonyl (C=O) groups excluding carboxylic acids is 1. The number of carbonyl (C=O) groups is 1. The summed E-state index contributed by atoms with van der Waals surface area (Å²) >= 11 is 1.36. The number of hydrogen-bond acceptors (Lipinski definition) is 3. The normalized spacial score (nSPS) is 10.7. The van der Waals surface area contributed by atoms with Gasteiger partial charge >= 0.3 is 0 Å². The van der Waals surface area contributed by atoms with E-state index in [0.29, 0.717) is 5.69 Å². The highest BCUT2D eigenvalue weighted by molar-refractivity contribution is 7.09. The lowest BCUT2D eigenvalue weighted by atomic mass is 10.1. The van der Waals surface area contributed by atoms with Gasteiger partial charge in [0.1, 0.15) is 0 Å². The first-order chi connectivity index (χ1) is 8.49. The lowest BCUT2D eigenvalue weighted by Crippen LogP contribution is -2.09. The van der Waals surface area contributed by atoms with Crippen molar-refractivity contribution >= 4 is 17.1 Å². The summed E-state index contributed by atoms with van der Waals surface area (Å²) in [6.45, 7) is 1.77. The summed E-state index contributed by atoms with van der Waals surface area (Å²) in [5, 5.41) is 2.45. The predicted molar refractivity (Wildman–Crippen MR) is 61.2 cm³/mol. The molecule has 0 unspecified atom stereocenters. The van der Waals surface area contributed by atoms with Crippen molar-refractivity contribution in [3.63, 3.8) is 0 Å². The molecule has 0 atom stereocenters. The standard InChI is InChI=1S/C12H8F3NOS/c1-6-16-7(5-18-6)4-10(17)8-2-3-9(13)12(15)11(8)14/h2-3,5H,4H2,1H3. The van der Waals surface area contributed by atoms with E-state index in [1.807, 2.05) is 0 Å². The number of ketones is 1.